The van der Waals surface area contributed by atoms with Crippen molar-refractivity contribution in [2.24, 2.45) is 5.84 Å². The van der Waals surface area contributed by atoms with Gasteiger partial charge in [-0.1, -0.05) is 24.3 Å². The summed E-state index contributed by atoms with van der Waals surface area (Å²) in [7, 11) is 0. The topological polar surface area (TPSA) is 77.2 Å². The normalized spacial score (nSPS) is 10.1. The fraction of sp³-hybridized carbons (Fsp3) is 0.200. The van der Waals surface area contributed by atoms with Gasteiger partial charge in [0.15, 0.2) is 0 Å². The molecule has 0 aliphatic heterocycles. The number of nitrogens with one attached hydrogen (secondary N) is 1. The number of ether oxygens (including phenoxy) is 1. The van der Waals surface area contributed by atoms with E-state index in [4.69, 9.17) is 10.6 Å². The molecule has 0 radical (unpaired) electrons. The van der Waals surface area contributed by atoms with Gasteiger partial charge in [0, 0.05) is 6.20 Å². The summed E-state index contributed by atoms with van der Waals surface area (Å²) in [5.74, 6) is 5.62. The van der Waals surface area contributed by atoms with Crippen LogP contribution in [0.3, 0.4) is 0 Å². The summed E-state index contributed by atoms with van der Waals surface area (Å²) in [5, 5.41) is 0. The second kappa shape index (κ2) is 6.68. The first kappa shape index (κ1) is 14.0. The van der Waals surface area contributed by atoms with E-state index in [0.717, 1.165) is 22.6 Å². The largest absolute Gasteiger partial charge is 0.487 e. The van der Waals surface area contributed by atoms with Gasteiger partial charge in [-0.05, 0) is 30.2 Å². The molecule has 2 aromatic rings. The van der Waals surface area contributed by atoms with Crippen LogP contribution >= 0.6 is 0 Å². The molecule has 1 heterocycles. The van der Waals surface area contributed by atoms with Gasteiger partial charge in [0.2, 0.25) is 5.91 Å². The molecule has 20 heavy (non-hydrogen) atoms. The quantitative estimate of drug-likeness (QED) is 0.491. The van der Waals surface area contributed by atoms with Crippen LogP contribution in [0.4, 0.5) is 0 Å². The van der Waals surface area contributed by atoms with Crippen LogP contribution in [-0.4, -0.2) is 10.9 Å². The lowest BCUT2D eigenvalue weighted by Crippen LogP contribution is -2.31. The van der Waals surface area contributed by atoms with Crippen LogP contribution in [0.1, 0.15) is 16.8 Å². The van der Waals surface area contributed by atoms with E-state index in [1.54, 1.807) is 6.20 Å². The van der Waals surface area contributed by atoms with Crippen LogP contribution in [0.2, 0.25) is 0 Å². The van der Waals surface area contributed by atoms with Gasteiger partial charge in [-0.25, -0.2) is 5.84 Å². The summed E-state index contributed by atoms with van der Waals surface area (Å²) in [6.45, 7) is 2.37. The summed E-state index contributed by atoms with van der Waals surface area (Å²) in [6.07, 6.45) is 2.01. The Morgan fingerprint density at radius 2 is 1.95 bits per heavy atom. The number of amides is 1. The lowest BCUT2D eigenvalue weighted by molar-refractivity contribution is -0.120. The first-order valence-electron chi connectivity index (χ1n) is 6.30. The number of aryl methyl sites for hydroxylation is 1. The third-order valence-electron chi connectivity index (χ3n) is 2.90. The Morgan fingerprint density at radius 1 is 1.25 bits per heavy atom. The number of carbonyl (C=O) groups excluding carboxylic acids is 1. The molecule has 1 aromatic carbocycles. The van der Waals surface area contributed by atoms with Crippen molar-refractivity contribution in [1.29, 1.82) is 0 Å². The Labute approximate surface area is 117 Å². The summed E-state index contributed by atoms with van der Waals surface area (Å²) in [5.41, 5.74) is 4.92. The van der Waals surface area contributed by atoms with Gasteiger partial charge in [0.1, 0.15) is 12.4 Å². The van der Waals surface area contributed by atoms with Crippen LogP contribution in [0.25, 0.3) is 0 Å². The van der Waals surface area contributed by atoms with Crippen LogP contribution in [-0.2, 0) is 17.8 Å². The van der Waals surface area contributed by atoms with Crippen molar-refractivity contribution >= 4 is 5.91 Å². The zero-order valence-electron chi connectivity index (χ0n) is 11.3. The zero-order valence-corrected chi connectivity index (χ0v) is 11.3. The molecule has 0 saturated heterocycles. The second-order valence-corrected chi connectivity index (χ2v) is 4.44. The molecule has 1 amide bonds. The average molecular weight is 271 g/mol. The number of nitrogens with two attached hydrogens (primary N) is 1. The van der Waals surface area contributed by atoms with E-state index < -0.39 is 0 Å². The van der Waals surface area contributed by atoms with E-state index in [9.17, 15) is 4.79 Å². The van der Waals surface area contributed by atoms with Crippen molar-refractivity contribution in [3.63, 3.8) is 0 Å². The van der Waals surface area contributed by atoms with Crippen molar-refractivity contribution < 1.29 is 9.53 Å². The number of nitrogens with zero attached hydrogens (tertiary/aromatic N) is 1. The molecule has 0 unspecified atom stereocenters. The first-order chi connectivity index (χ1) is 9.69. The molecule has 3 N–H and O–H groups in total. The summed E-state index contributed by atoms with van der Waals surface area (Å²) in [4.78, 5) is 15.3. The molecule has 0 aliphatic rings. The van der Waals surface area contributed by atoms with E-state index in [1.807, 2.05) is 43.3 Å². The molecule has 0 fully saturated rings. The fourth-order valence-corrected chi connectivity index (χ4v) is 1.77. The minimum atomic E-state index is -0.208. The van der Waals surface area contributed by atoms with E-state index in [1.165, 1.54) is 0 Å². The van der Waals surface area contributed by atoms with E-state index >= 15 is 0 Å². The van der Waals surface area contributed by atoms with Crippen molar-refractivity contribution in [1.82, 2.24) is 10.4 Å². The molecule has 104 valence electrons. The Hall–Kier alpha value is -2.40. The van der Waals surface area contributed by atoms with E-state index in [-0.39, 0.29) is 12.3 Å². The van der Waals surface area contributed by atoms with E-state index in [0.29, 0.717) is 6.61 Å². The van der Waals surface area contributed by atoms with Crippen LogP contribution in [0.15, 0.2) is 42.6 Å². The second-order valence-electron chi connectivity index (χ2n) is 4.44. The number of carbonyl (C=O) groups is 1. The first-order valence-corrected chi connectivity index (χ1v) is 6.30. The van der Waals surface area contributed by atoms with Crippen molar-refractivity contribution in [3.8, 4) is 5.75 Å². The number of benzene rings is 1. The Balaban J connectivity index is 1.94. The van der Waals surface area contributed by atoms with Gasteiger partial charge >= 0.3 is 0 Å². The molecule has 0 aliphatic carbocycles. The molecule has 0 atom stereocenters. The van der Waals surface area contributed by atoms with Gasteiger partial charge < -0.3 is 4.74 Å². The Morgan fingerprint density at radius 3 is 2.60 bits per heavy atom. The predicted molar refractivity (Wildman–Crippen MR) is 75.8 cm³/mol. The van der Waals surface area contributed by atoms with Crippen molar-refractivity contribution in [2.75, 3.05) is 0 Å². The molecule has 2 rings (SSSR count). The molecule has 0 bridgehead atoms. The molecule has 5 nitrogen and oxygen atoms in total. The standard InChI is InChI=1S/C15H17N3O2/c1-11-14(3-2-8-17-11)20-10-13-6-4-12(5-7-13)9-15(19)18-16/h2-8H,9-10,16H2,1H3,(H,18,19). The Bertz CT molecular complexity index is 582. The van der Waals surface area contributed by atoms with Gasteiger partial charge in [-0.2, -0.15) is 0 Å². The monoisotopic (exact) mass is 271 g/mol. The molecular formula is C15H17N3O2. The predicted octanol–water partition coefficient (Wildman–Crippen LogP) is 1.50. The molecule has 0 saturated carbocycles. The molecule has 0 spiro atoms. The summed E-state index contributed by atoms with van der Waals surface area (Å²) in [6, 6.07) is 11.4. The molecule has 1 aromatic heterocycles. The Kier molecular flexibility index (Phi) is 4.68. The highest BCUT2D eigenvalue weighted by molar-refractivity contribution is 5.77. The number of hydrogen-bond acceptors (Lipinski definition) is 4. The maximum absolute atomic E-state index is 11.1. The number of hydrazine groups is 1. The summed E-state index contributed by atoms with van der Waals surface area (Å²) < 4.78 is 5.70. The highest BCUT2D eigenvalue weighted by Crippen LogP contribution is 2.16. The van der Waals surface area contributed by atoms with Crippen LogP contribution in [0, 0.1) is 6.92 Å². The van der Waals surface area contributed by atoms with Gasteiger partial charge in [-0.15, -0.1) is 0 Å². The smallest absolute Gasteiger partial charge is 0.238 e. The number of hydrogen-bond donors (Lipinski definition) is 2. The highest BCUT2D eigenvalue weighted by atomic mass is 16.5. The van der Waals surface area contributed by atoms with E-state index in [2.05, 4.69) is 10.4 Å². The zero-order chi connectivity index (χ0) is 14.4. The number of pyridine rings is 1. The maximum Gasteiger partial charge on any atom is 0.238 e. The van der Waals surface area contributed by atoms with Gasteiger partial charge in [0.05, 0.1) is 12.1 Å². The fourth-order valence-electron chi connectivity index (χ4n) is 1.77. The third-order valence-corrected chi connectivity index (χ3v) is 2.90. The van der Waals surface area contributed by atoms with Crippen LogP contribution < -0.4 is 16.0 Å². The SMILES string of the molecule is Cc1ncccc1OCc1ccc(CC(=O)NN)cc1. The lowest BCUT2D eigenvalue weighted by Gasteiger charge is -2.08. The molecular weight excluding hydrogens is 254 g/mol. The van der Waals surface area contributed by atoms with Crippen molar-refractivity contribution in [3.05, 3.63) is 59.4 Å². The highest BCUT2D eigenvalue weighted by Gasteiger charge is 2.03. The van der Waals surface area contributed by atoms with Crippen LogP contribution in [0.5, 0.6) is 5.75 Å². The maximum atomic E-state index is 11.1. The van der Waals surface area contributed by atoms with Crippen molar-refractivity contribution in [2.45, 2.75) is 20.0 Å². The van der Waals surface area contributed by atoms with Gasteiger partial charge in [0.25, 0.3) is 0 Å². The average Bonchev–Trinajstić information content (AvgIpc) is 2.48. The third kappa shape index (κ3) is 3.80. The summed E-state index contributed by atoms with van der Waals surface area (Å²) >= 11 is 0. The van der Waals surface area contributed by atoms with Gasteiger partial charge in [-0.3, -0.25) is 15.2 Å². The molecule has 5 heteroatoms. The number of rotatable bonds is 5. The minimum Gasteiger partial charge on any atom is -0.487 e. The minimum absolute atomic E-state index is 0.208. The number of aromatic nitrogens is 1. The lowest BCUT2D eigenvalue weighted by atomic mass is 10.1.